The number of fused-ring (bicyclic) bond motifs is 1. The van der Waals surface area contributed by atoms with Crippen molar-refractivity contribution in [3.05, 3.63) is 39.7 Å². The number of ether oxygens (including phenoxy) is 1. The number of amides is 2. The fraction of sp³-hybridized carbons (Fsp3) is 0.643. The van der Waals surface area contributed by atoms with Crippen LogP contribution in [0.25, 0.3) is 0 Å². The molecule has 0 spiro atoms. The molecule has 2 aromatic rings. The van der Waals surface area contributed by atoms with E-state index in [1.165, 1.54) is 7.05 Å². The highest BCUT2D eigenvalue weighted by molar-refractivity contribution is 6.31. The number of aromatic nitrogens is 3. The molecule has 1 aliphatic carbocycles. The molecule has 0 N–H and O–H groups in total. The number of carbonyl (C=O) groups is 2. The van der Waals surface area contributed by atoms with Crippen LogP contribution in [0.4, 0.5) is 8.78 Å². The van der Waals surface area contributed by atoms with E-state index in [2.05, 4.69) is 17.2 Å². The van der Waals surface area contributed by atoms with Gasteiger partial charge < -0.3 is 14.5 Å². The second-order valence-electron chi connectivity index (χ2n) is 10.9. The first-order chi connectivity index (χ1) is 18.8. The maximum atomic E-state index is 14.1. The van der Waals surface area contributed by atoms with Gasteiger partial charge >= 0.3 is 0 Å². The van der Waals surface area contributed by atoms with Crippen LogP contribution in [0.1, 0.15) is 86.9 Å². The van der Waals surface area contributed by atoms with Crippen LogP contribution in [0.3, 0.4) is 0 Å². The lowest BCUT2D eigenvalue weighted by molar-refractivity contribution is -0.143. The van der Waals surface area contributed by atoms with Gasteiger partial charge in [0.1, 0.15) is 23.7 Å². The zero-order chi connectivity index (χ0) is 27.7. The van der Waals surface area contributed by atoms with Crippen LogP contribution in [0, 0.1) is 11.8 Å². The highest BCUT2D eigenvalue weighted by atomic mass is 35.5. The van der Waals surface area contributed by atoms with Gasteiger partial charge in [0.2, 0.25) is 11.8 Å². The first-order valence-corrected chi connectivity index (χ1v) is 14.4. The van der Waals surface area contributed by atoms with Gasteiger partial charge in [-0.25, -0.2) is 13.5 Å². The van der Waals surface area contributed by atoms with Crippen molar-refractivity contribution in [1.29, 1.82) is 0 Å². The third kappa shape index (κ3) is 5.49. The van der Waals surface area contributed by atoms with E-state index in [4.69, 9.17) is 16.3 Å². The van der Waals surface area contributed by atoms with Gasteiger partial charge in [-0.15, -0.1) is 5.10 Å². The summed E-state index contributed by atoms with van der Waals surface area (Å²) in [6, 6.07) is 3.03. The molecule has 212 valence electrons. The fourth-order valence-electron chi connectivity index (χ4n) is 6.62. The molecule has 0 unspecified atom stereocenters. The van der Waals surface area contributed by atoms with E-state index >= 15 is 0 Å². The minimum absolute atomic E-state index is 0.0428. The number of likely N-dealkylation sites (tertiary alicyclic amines) is 1. The summed E-state index contributed by atoms with van der Waals surface area (Å²) in [7, 11) is 1.42. The number of rotatable bonds is 8. The molecule has 0 radical (unpaired) electrons. The van der Waals surface area contributed by atoms with E-state index in [1.54, 1.807) is 12.1 Å². The summed E-state index contributed by atoms with van der Waals surface area (Å²) in [6.07, 6.45) is 4.16. The fourth-order valence-corrected chi connectivity index (χ4v) is 6.88. The van der Waals surface area contributed by atoms with Crippen molar-refractivity contribution in [3.8, 4) is 5.75 Å². The van der Waals surface area contributed by atoms with Crippen LogP contribution in [-0.2, 0) is 29.7 Å². The summed E-state index contributed by atoms with van der Waals surface area (Å²) in [4.78, 5) is 30.6. The molecule has 3 atom stereocenters. The van der Waals surface area contributed by atoms with Crippen molar-refractivity contribution >= 4 is 23.4 Å². The Balaban J connectivity index is 1.51. The first kappa shape index (κ1) is 27.8. The predicted octanol–water partition coefficient (Wildman–Crippen LogP) is 5.25. The van der Waals surface area contributed by atoms with E-state index in [-0.39, 0.29) is 35.7 Å². The number of halogens is 3. The molecular weight excluding hydrogens is 528 g/mol. The minimum atomic E-state index is -2.74. The molecule has 2 aliphatic heterocycles. The van der Waals surface area contributed by atoms with Gasteiger partial charge in [-0.05, 0) is 49.3 Å². The number of carbonyl (C=O) groups excluding carboxylic acids is 2. The maximum absolute atomic E-state index is 14.1. The Morgan fingerprint density at radius 1 is 1.18 bits per heavy atom. The summed E-state index contributed by atoms with van der Waals surface area (Å²) >= 11 is 6.67. The van der Waals surface area contributed by atoms with Crippen molar-refractivity contribution in [2.75, 3.05) is 19.6 Å². The van der Waals surface area contributed by atoms with Crippen LogP contribution in [-0.4, -0.2) is 56.2 Å². The molecule has 2 fully saturated rings. The third-order valence-electron chi connectivity index (χ3n) is 8.69. The van der Waals surface area contributed by atoms with Gasteiger partial charge in [-0.2, -0.15) is 0 Å². The lowest BCUT2D eigenvalue weighted by Gasteiger charge is -2.43. The highest BCUT2D eigenvalue weighted by Gasteiger charge is 2.41. The molecule has 1 aromatic heterocycles. The molecule has 5 rings (SSSR count). The Morgan fingerprint density at radius 2 is 1.97 bits per heavy atom. The van der Waals surface area contributed by atoms with Crippen molar-refractivity contribution in [2.24, 2.45) is 18.9 Å². The number of aryl methyl sites for hydroxylation is 1. The van der Waals surface area contributed by atoms with Crippen molar-refractivity contribution in [2.45, 2.75) is 77.4 Å². The second kappa shape index (κ2) is 11.8. The van der Waals surface area contributed by atoms with Crippen LogP contribution in [0.5, 0.6) is 5.75 Å². The Hall–Kier alpha value is -2.75. The molecule has 0 bridgehead atoms. The predicted molar refractivity (Wildman–Crippen MR) is 141 cm³/mol. The van der Waals surface area contributed by atoms with Gasteiger partial charge in [0.25, 0.3) is 6.43 Å². The second-order valence-corrected chi connectivity index (χ2v) is 11.3. The molecule has 8 nitrogen and oxygen atoms in total. The SMILES string of the molecule is CC[C@H]1CCCC[C@H]1C(=O)N1CCc2c(Cl)ccc(OCc3nnn(C)c3C(F)F)c2[C@H]1CN1CCCC1=O. The van der Waals surface area contributed by atoms with E-state index < -0.39 is 12.5 Å². The molecule has 3 aliphatic rings. The molecule has 39 heavy (non-hydrogen) atoms. The molecule has 1 aromatic carbocycles. The van der Waals surface area contributed by atoms with Gasteiger partial charge in [0, 0.05) is 49.6 Å². The molecule has 2 amide bonds. The standard InChI is InChI=1S/C28H36ClF2N5O3/c1-3-17-7-4-5-8-18(17)28(38)36-14-12-19-20(29)10-11-23(25(19)22(36)15-35-13-6-9-24(35)37)39-16-21-26(27(30)31)34(2)33-32-21/h10-11,17-18,22,27H,3-9,12-16H2,1-2H3/t17-,18+,22+/m0/s1. The number of benzene rings is 1. The normalized spacial score (nSPS) is 23.4. The van der Waals surface area contributed by atoms with Crippen LogP contribution >= 0.6 is 11.6 Å². The van der Waals surface area contributed by atoms with Gasteiger partial charge in [-0.1, -0.05) is 43.0 Å². The number of hydrogen-bond donors (Lipinski definition) is 0. The molecule has 3 heterocycles. The highest BCUT2D eigenvalue weighted by Crippen LogP contribution is 2.43. The lowest BCUT2D eigenvalue weighted by Crippen LogP contribution is -2.49. The van der Waals surface area contributed by atoms with Gasteiger partial charge in [0.05, 0.1) is 6.04 Å². The molecule has 11 heteroatoms. The Morgan fingerprint density at radius 3 is 2.69 bits per heavy atom. The Labute approximate surface area is 232 Å². The van der Waals surface area contributed by atoms with Crippen molar-refractivity contribution in [1.82, 2.24) is 24.8 Å². The van der Waals surface area contributed by atoms with E-state index in [9.17, 15) is 18.4 Å². The minimum Gasteiger partial charge on any atom is -0.487 e. The summed E-state index contributed by atoms with van der Waals surface area (Å²) in [5.41, 5.74) is 1.39. The number of hydrogen-bond acceptors (Lipinski definition) is 5. The van der Waals surface area contributed by atoms with Crippen LogP contribution in [0.15, 0.2) is 12.1 Å². The number of alkyl halides is 2. The zero-order valence-corrected chi connectivity index (χ0v) is 23.3. The third-order valence-corrected chi connectivity index (χ3v) is 9.04. The smallest absolute Gasteiger partial charge is 0.282 e. The lowest BCUT2D eigenvalue weighted by atomic mass is 9.76. The van der Waals surface area contributed by atoms with Gasteiger partial charge in [0.15, 0.2) is 0 Å². The molecular formula is C28H36ClF2N5O3. The Kier molecular flexibility index (Phi) is 8.40. The quantitative estimate of drug-likeness (QED) is 0.438. The van der Waals surface area contributed by atoms with Crippen LogP contribution in [0.2, 0.25) is 5.02 Å². The maximum Gasteiger partial charge on any atom is 0.282 e. The monoisotopic (exact) mass is 563 g/mol. The molecule has 1 saturated carbocycles. The van der Waals surface area contributed by atoms with Crippen molar-refractivity contribution in [3.63, 3.8) is 0 Å². The number of nitrogens with zero attached hydrogens (tertiary/aromatic N) is 5. The Bertz CT molecular complexity index is 1220. The van der Waals surface area contributed by atoms with E-state index in [0.717, 1.165) is 54.3 Å². The molecule has 1 saturated heterocycles. The van der Waals surface area contributed by atoms with E-state index in [0.29, 0.717) is 49.2 Å². The average Bonchev–Trinajstić information content (AvgIpc) is 3.52. The van der Waals surface area contributed by atoms with Gasteiger partial charge in [-0.3, -0.25) is 9.59 Å². The van der Waals surface area contributed by atoms with Crippen LogP contribution < -0.4 is 4.74 Å². The van der Waals surface area contributed by atoms with E-state index in [1.807, 2.05) is 9.80 Å². The first-order valence-electron chi connectivity index (χ1n) is 14.0. The largest absolute Gasteiger partial charge is 0.487 e. The zero-order valence-electron chi connectivity index (χ0n) is 22.5. The topological polar surface area (TPSA) is 80.6 Å². The summed E-state index contributed by atoms with van der Waals surface area (Å²) in [6.45, 7) is 3.45. The summed E-state index contributed by atoms with van der Waals surface area (Å²) in [5.74, 6) is 0.970. The van der Waals surface area contributed by atoms with Crippen molar-refractivity contribution < 1.29 is 23.1 Å². The summed E-state index contributed by atoms with van der Waals surface area (Å²) < 4.78 is 34.4. The average molecular weight is 564 g/mol. The summed E-state index contributed by atoms with van der Waals surface area (Å²) in [5, 5.41) is 8.18.